The molecule has 0 aromatic carbocycles. The molecule has 4 atom stereocenters. The summed E-state index contributed by atoms with van der Waals surface area (Å²) in [6.07, 6.45) is -1.28. The molecule has 1 aliphatic rings. The highest BCUT2D eigenvalue weighted by Gasteiger charge is 2.56. The number of ether oxygens (including phenoxy) is 4. The lowest BCUT2D eigenvalue weighted by Gasteiger charge is -2.51. The minimum absolute atomic E-state index is 0.260. The summed E-state index contributed by atoms with van der Waals surface area (Å²) in [7, 11) is 2.93. The van der Waals surface area contributed by atoms with Crippen LogP contribution in [0.25, 0.3) is 0 Å². The van der Waals surface area contributed by atoms with Crippen molar-refractivity contribution < 1.29 is 29.2 Å². The van der Waals surface area contributed by atoms with Crippen LogP contribution in [0.1, 0.15) is 13.8 Å². The monoisotopic (exact) mass is 236 g/mol. The van der Waals surface area contributed by atoms with Crippen molar-refractivity contribution in [2.24, 2.45) is 0 Å². The minimum Gasteiger partial charge on any atom is -0.394 e. The average molecular weight is 236 g/mol. The van der Waals surface area contributed by atoms with E-state index < -0.39 is 23.8 Å². The van der Waals surface area contributed by atoms with Gasteiger partial charge >= 0.3 is 0 Å². The topological polar surface area (TPSA) is 77.4 Å². The Hall–Kier alpha value is -0.240. The summed E-state index contributed by atoms with van der Waals surface area (Å²) in [5, 5.41) is 18.3. The van der Waals surface area contributed by atoms with Gasteiger partial charge in [0.2, 0.25) is 11.6 Å². The van der Waals surface area contributed by atoms with Gasteiger partial charge in [-0.15, -0.1) is 0 Å². The van der Waals surface area contributed by atoms with E-state index in [1.165, 1.54) is 14.2 Å². The fraction of sp³-hybridized carbons (Fsp3) is 1.00. The fourth-order valence-electron chi connectivity index (χ4n) is 1.72. The zero-order chi connectivity index (χ0) is 12.4. The van der Waals surface area contributed by atoms with E-state index in [4.69, 9.17) is 29.2 Å². The Morgan fingerprint density at radius 3 is 1.44 bits per heavy atom. The number of methoxy groups -OCH3 is 2. The van der Waals surface area contributed by atoms with Gasteiger partial charge in [0.05, 0.1) is 13.2 Å². The number of aliphatic hydroxyl groups excluding tert-OH is 2. The molecular weight excluding hydrogens is 216 g/mol. The molecule has 0 saturated carbocycles. The van der Waals surface area contributed by atoms with Gasteiger partial charge in [0, 0.05) is 14.2 Å². The van der Waals surface area contributed by atoms with Gasteiger partial charge in [-0.2, -0.15) is 0 Å². The van der Waals surface area contributed by atoms with Crippen molar-refractivity contribution in [2.75, 3.05) is 27.4 Å². The zero-order valence-electron chi connectivity index (χ0n) is 10.1. The Bertz CT molecular complexity index is 211. The summed E-state index contributed by atoms with van der Waals surface area (Å²) >= 11 is 0. The molecule has 1 heterocycles. The molecule has 16 heavy (non-hydrogen) atoms. The van der Waals surface area contributed by atoms with Crippen LogP contribution in [-0.4, -0.2) is 61.4 Å². The van der Waals surface area contributed by atoms with Crippen LogP contribution < -0.4 is 0 Å². The highest BCUT2D eigenvalue weighted by Crippen LogP contribution is 2.38. The van der Waals surface area contributed by atoms with Gasteiger partial charge in [-0.3, -0.25) is 0 Å². The summed E-state index contributed by atoms with van der Waals surface area (Å²) in [6, 6.07) is 0. The molecule has 0 aromatic heterocycles. The molecule has 6 heteroatoms. The third kappa shape index (κ3) is 2.09. The highest BCUT2D eigenvalue weighted by atomic mass is 16.8. The quantitative estimate of drug-likeness (QED) is 0.684. The van der Waals surface area contributed by atoms with E-state index in [0.29, 0.717) is 0 Å². The molecule has 1 aliphatic heterocycles. The Morgan fingerprint density at radius 1 is 0.938 bits per heavy atom. The molecule has 0 bridgehead atoms. The molecule has 0 radical (unpaired) electrons. The second kappa shape index (κ2) is 4.95. The smallest absolute Gasteiger partial charge is 0.220 e. The first-order valence-corrected chi connectivity index (χ1v) is 5.14. The van der Waals surface area contributed by atoms with Crippen molar-refractivity contribution in [3.63, 3.8) is 0 Å². The van der Waals surface area contributed by atoms with Crippen molar-refractivity contribution in [1.82, 2.24) is 0 Å². The second-order valence-electron chi connectivity index (χ2n) is 3.98. The first kappa shape index (κ1) is 13.8. The van der Waals surface area contributed by atoms with Gasteiger partial charge in [0.25, 0.3) is 0 Å². The van der Waals surface area contributed by atoms with E-state index >= 15 is 0 Å². The van der Waals surface area contributed by atoms with Crippen LogP contribution in [0.3, 0.4) is 0 Å². The maximum Gasteiger partial charge on any atom is 0.220 e. The number of rotatable bonds is 4. The van der Waals surface area contributed by atoms with Crippen LogP contribution in [0.2, 0.25) is 0 Å². The molecule has 0 aliphatic carbocycles. The van der Waals surface area contributed by atoms with E-state index in [1.54, 1.807) is 13.8 Å². The summed E-state index contributed by atoms with van der Waals surface area (Å²) in [5.74, 6) is -2.28. The van der Waals surface area contributed by atoms with Crippen LogP contribution in [0, 0.1) is 0 Å². The maximum absolute atomic E-state index is 9.15. The van der Waals surface area contributed by atoms with Gasteiger partial charge in [-0.05, 0) is 13.8 Å². The largest absolute Gasteiger partial charge is 0.394 e. The average Bonchev–Trinajstić information content (AvgIpc) is 2.31. The number of aliphatic hydroxyl groups is 2. The predicted octanol–water partition coefficient (Wildman–Crippen LogP) is -0.520. The first-order valence-electron chi connectivity index (χ1n) is 5.14. The molecule has 2 N–H and O–H groups in total. The van der Waals surface area contributed by atoms with Gasteiger partial charge in [0.15, 0.2) is 0 Å². The molecule has 96 valence electrons. The normalized spacial score (nSPS) is 44.6. The summed E-state index contributed by atoms with van der Waals surface area (Å²) in [4.78, 5) is 0. The second-order valence-corrected chi connectivity index (χ2v) is 3.98. The lowest BCUT2D eigenvalue weighted by molar-refractivity contribution is -0.451. The standard InChI is InChI=1S/C10H20O6/c1-9(13-3)10(2,14-4)16-8(6-12)7(5-11)15-9/h7-8,11-12H,5-6H2,1-4H3/t7-,8?,9+,10?/m1/s1. The van der Waals surface area contributed by atoms with Crippen molar-refractivity contribution in [3.05, 3.63) is 0 Å². The van der Waals surface area contributed by atoms with Gasteiger partial charge in [0.1, 0.15) is 12.2 Å². The van der Waals surface area contributed by atoms with Gasteiger partial charge < -0.3 is 29.2 Å². The number of hydrogen-bond donors (Lipinski definition) is 2. The zero-order valence-corrected chi connectivity index (χ0v) is 10.1. The lowest BCUT2D eigenvalue weighted by atomic mass is 10.0. The van der Waals surface area contributed by atoms with Crippen LogP contribution in [0.4, 0.5) is 0 Å². The first-order chi connectivity index (χ1) is 7.46. The van der Waals surface area contributed by atoms with Crippen LogP contribution in [-0.2, 0) is 18.9 Å². The summed E-state index contributed by atoms with van der Waals surface area (Å²) in [5.41, 5.74) is 0. The Labute approximate surface area is 95.1 Å². The summed E-state index contributed by atoms with van der Waals surface area (Å²) in [6.45, 7) is 2.80. The van der Waals surface area contributed by atoms with Crippen molar-refractivity contribution in [3.8, 4) is 0 Å². The molecule has 1 saturated heterocycles. The molecule has 6 nitrogen and oxygen atoms in total. The van der Waals surface area contributed by atoms with Crippen molar-refractivity contribution in [2.45, 2.75) is 37.6 Å². The maximum atomic E-state index is 9.15. The van der Waals surface area contributed by atoms with Crippen LogP contribution in [0.15, 0.2) is 0 Å². The molecule has 0 aromatic rings. The molecule has 0 amide bonds. The van der Waals surface area contributed by atoms with Crippen LogP contribution >= 0.6 is 0 Å². The Balaban J connectivity index is 2.94. The minimum atomic E-state index is -1.14. The molecule has 1 rings (SSSR count). The molecule has 0 spiro atoms. The SMILES string of the molecule is COC1(C)OC(CO)[C@@H](CO)O[C@]1(C)OC. The van der Waals surface area contributed by atoms with E-state index in [-0.39, 0.29) is 13.2 Å². The van der Waals surface area contributed by atoms with E-state index in [0.717, 1.165) is 0 Å². The van der Waals surface area contributed by atoms with Crippen molar-refractivity contribution >= 4 is 0 Å². The summed E-state index contributed by atoms with van der Waals surface area (Å²) < 4.78 is 21.7. The Kier molecular flexibility index (Phi) is 4.28. The Morgan fingerprint density at radius 2 is 1.25 bits per heavy atom. The molecule has 1 fully saturated rings. The fourth-order valence-corrected chi connectivity index (χ4v) is 1.72. The van der Waals surface area contributed by atoms with Crippen LogP contribution in [0.5, 0.6) is 0 Å². The highest BCUT2D eigenvalue weighted by molar-refractivity contribution is 4.90. The van der Waals surface area contributed by atoms with E-state index in [1.807, 2.05) is 0 Å². The number of hydrogen-bond acceptors (Lipinski definition) is 6. The third-order valence-corrected chi connectivity index (χ3v) is 3.13. The van der Waals surface area contributed by atoms with Gasteiger partial charge in [-0.25, -0.2) is 0 Å². The van der Waals surface area contributed by atoms with E-state index in [9.17, 15) is 0 Å². The third-order valence-electron chi connectivity index (χ3n) is 3.13. The molecule has 2 unspecified atom stereocenters. The van der Waals surface area contributed by atoms with Gasteiger partial charge in [-0.1, -0.05) is 0 Å². The van der Waals surface area contributed by atoms with E-state index in [2.05, 4.69) is 0 Å². The lowest BCUT2D eigenvalue weighted by Crippen LogP contribution is -2.66. The predicted molar refractivity (Wildman–Crippen MR) is 54.7 cm³/mol. The van der Waals surface area contributed by atoms with Crippen molar-refractivity contribution in [1.29, 1.82) is 0 Å². The molecular formula is C10H20O6.